The van der Waals surface area contributed by atoms with E-state index in [1.54, 1.807) is 12.1 Å². The van der Waals surface area contributed by atoms with Crippen LogP contribution < -0.4 is 0 Å². The van der Waals surface area contributed by atoms with Gasteiger partial charge in [0.2, 0.25) is 0 Å². The molecule has 3 rings (SSSR count). The maximum atomic E-state index is 14.4. The third kappa shape index (κ3) is 2.56. The molecule has 0 aromatic heterocycles. The van der Waals surface area contributed by atoms with Crippen LogP contribution >= 0.6 is 0 Å². The van der Waals surface area contributed by atoms with Crippen molar-refractivity contribution >= 4 is 0 Å². The van der Waals surface area contributed by atoms with Crippen LogP contribution in [0.4, 0.5) is 4.39 Å². The zero-order chi connectivity index (χ0) is 15.0. The van der Waals surface area contributed by atoms with Crippen molar-refractivity contribution in [3.8, 4) is 6.07 Å². The number of piperidine rings is 2. The molecule has 0 amide bonds. The highest BCUT2D eigenvalue weighted by Gasteiger charge is 2.45. The lowest BCUT2D eigenvalue weighted by atomic mass is 9.72. The molecule has 2 fully saturated rings. The lowest BCUT2D eigenvalue weighted by Gasteiger charge is -2.50. The Hall–Kier alpha value is -1.44. The van der Waals surface area contributed by atoms with Gasteiger partial charge in [-0.05, 0) is 44.4 Å². The molecule has 2 heterocycles. The van der Waals surface area contributed by atoms with Crippen molar-refractivity contribution in [2.75, 3.05) is 7.05 Å². The Morgan fingerprint density at radius 3 is 2.62 bits per heavy atom. The van der Waals surface area contributed by atoms with Crippen LogP contribution in [0.5, 0.6) is 0 Å². The van der Waals surface area contributed by atoms with E-state index in [9.17, 15) is 9.50 Å². The molecule has 0 aliphatic carbocycles. The van der Waals surface area contributed by atoms with E-state index >= 15 is 0 Å². The summed E-state index contributed by atoms with van der Waals surface area (Å²) in [6.45, 7) is 0. The monoisotopic (exact) mass is 288 g/mol. The number of benzene rings is 1. The second kappa shape index (κ2) is 5.40. The molecular formula is C17H21FN2O. The molecular weight excluding hydrogens is 267 g/mol. The standard InChI is InChI=1S/C17H21FN2O/c1-20-13-3-2-4-14(20)11-17(21,10-13)15-6-5-12(7-8-19)9-16(15)18/h5-6,9,13-14,21H,2-4,7,10-11H2,1H3. The summed E-state index contributed by atoms with van der Waals surface area (Å²) in [7, 11) is 2.11. The first-order chi connectivity index (χ1) is 10.0. The van der Waals surface area contributed by atoms with Gasteiger partial charge in [0.1, 0.15) is 5.82 Å². The van der Waals surface area contributed by atoms with Gasteiger partial charge in [0.15, 0.2) is 0 Å². The first kappa shape index (κ1) is 14.5. The van der Waals surface area contributed by atoms with Crippen LogP contribution in [-0.2, 0) is 12.0 Å². The van der Waals surface area contributed by atoms with E-state index in [2.05, 4.69) is 11.9 Å². The van der Waals surface area contributed by atoms with Crippen molar-refractivity contribution in [3.63, 3.8) is 0 Å². The van der Waals surface area contributed by atoms with Crippen LogP contribution in [0.25, 0.3) is 0 Å². The van der Waals surface area contributed by atoms with Crippen LogP contribution in [0.15, 0.2) is 18.2 Å². The molecule has 2 bridgehead atoms. The Labute approximate surface area is 125 Å². The van der Waals surface area contributed by atoms with Crippen LogP contribution in [0, 0.1) is 17.1 Å². The van der Waals surface area contributed by atoms with E-state index < -0.39 is 5.60 Å². The van der Waals surface area contributed by atoms with E-state index in [0.29, 0.717) is 36.1 Å². The molecule has 1 aromatic carbocycles. The van der Waals surface area contributed by atoms with Gasteiger partial charge in [-0.1, -0.05) is 18.6 Å². The second-order valence-electron chi connectivity index (χ2n) is 6.49. The third-order valence-electron chi connectivity index (χ3n) is 5.19. The summed E-state index contributed by atoms with van der Waals surface area (Å²) >= 11 is 0. The average Bonchev–Trinajstić information content (AvgIpc) is 2.41. The van der Waals surface area contributed by atoms with Crippen molar-refractivity contribution < 1.29 is 9.50 Å². The molecule has 0 radical (unpaired) electrons. The van der Waals surface area contributed by atoms with Crippen molar-refractivity contribution in [3.05, 3.63) is 35.1 Å². The first-order valence-electron chi connectivity index (χ1n) is 7.64. The predicted molar refractivity (Wildman–Crippen MR) is 78.0 cm³/mol. The number of fused-ring (bicyclic) bond motifs is 2. The van der Waals surface area contributed by atoms with Crippen LogP contribution in [0.3, 0.4) is 0 Å². The third-order valence-corrected chi connectivity index (χ3v) is 5.19. The minimum atomic E-state index is -1.07. The average molecular weight is 288 g/mol. The summed E-state index contributed by atoms with van der Waals surface area (Å²) in [6, 6.07) is 7.51. The van der Waals surface area contributed by atoms with Crippen molar-refractivity contribution in [2.24, 2.45) is 0 Å². The van der Waals surface area contributed by atoms with Crippen molar-refractivity contribution in [1.82, 2.24) is 4.90 Å². The van der Waals surface area contributed by atoms with Gasteiger partial charge in [-0.25, -0.2) is 4.39 Å². The molecule has 0 spiro atoms. The quantitative estimate of drug-likeness (QED) is 0.910. The van der Waals surface area contributed by atoms with Gasteiger partial charge in [0.25, 0.3) is 0 Å². The highest BCUT2D eigenvalue weighted by atomic mass is 19.1. The highest BCUT2D eigenvalue weighted by Crippen LogP contribution is 2.44. The van der Waals surface area contributed by atoms with E-state index in [0.717, 1.165) is 12.8 Å². The molecule has 0 saturated carbocycles. The lowest BCUT2D eigenvalue weighted by Crippen LogP contribution is -2.55. The molecule has 2 aliphatic heterocycles. The number of rotatable bonds is 2. The number of halogens is 1. The Balaban J connectivity index is 1.91. The van der Waals surface area contributed by atoms with E-state index in [-0.39, 0.29) is 12.2 Å². The lowest BCUT2D eigenvalue weighted by molar-refractivity contribution is -0.0891. The van der Waals surface area contributed by atoms with Gasteiger partial charge in [-0.2, -0.15) is 5.26 Å². The van der Waals surface area contributed by atoms with Gasteiger partial charge in [0, 0.05) is 17.6 Å². The minimum Gasteiger partial charge on any atom is -0.385 e. The smallest absolute Gasteiger partial charge is 0.129 e. The molecule has 2 saturated heterocycles. The van der Waals surface area contributed by atoms with Gasteiger partial charge >= 0.3 is 0 Å². The summed E-state index contributed by atoms with van der Waals surface area (Å²) < 4.78 is 14.4. The molecule has 4 heteroatoms. The number of hydrogen-bond acceptors (Lipinski definition) is 3. The van der Waals surface area contributed by atoms with Gasteiger partial charge in [-0.15, -0.1) is 0 Å². The summed E-state index contributed by atoms with van der Waals surface area (Å²) in [5.41, 5.74) is -0.0120. The number of nitrogens with zero attached hydrogens (tertiary/aromatic N) is 2. The predicted octanol–water partition coefficient (Wildman–Crippen LogP) is 2.73. The largest absolute Gasteiger partial charge is 0.385 e. The zero-order valence-corrected chi connectivity index (χ0v) is 12.3. The van der Waals surface area contributed by atoms with Crippen LogP contribution in [-0.4, -0.2) is 29.1 Å². The maximum Gasteiger partial charge on any atom is 0.129 e. The Kier molecular flexibility index (Phi) is 3.73. The topological polar surface area (TPSA) is 47.3 Å². The Morgan fingerprint density at radius 1 is 1.38 bits per heavy atom. The summed E-state index contributed by atoms with van der Waals surface area (Å²) in [5, 5.41) is 19.7. The van der Waals surface area contributed by atoms with Gasteiger partial charge in [0.05, 0.1) is 18.1 Å². The fraction of sp³-hybridized carbons (Fsp3) is 0.588. The van der Waals surface area contributed by atoms with Crippen molar-refractivity contribution in [2.45, 2.75) is 56.2 Å². The zero-order valence-electron chi connectivity index (χ0n) is 12.3. The first-order valence-corrected chi connectivity index (χ1v) is 7.64. The van der Waals surface area contributed by atoms with Gasteiger partial charge in [-0.3, -0.25) is 0 Å². The van der Waals surface area contributed by atoms with Crippen molar-refractivity contribution in [1.29, 1.82) is 5.26 Å². The minimum absolute atomic E-state index is 0.198. The summed E-state index contributed by atoms with van der Waals surface area (Å²) in [6.07, 6.45) is 4.72. The molecule has 2 atom stereocenters. The maximum absolute atomic E-state index is 14.4. The summed E-state index contributed by atoms with van der Waals surface area (Å²) in [4.78, 5) is 2.35. The number of aliphatic hydroxyl groups is 1. The molecule has 112 valence electrons. The van der Waals surface area contributed by atoms with E-state index in [4.69, 9.17) is 5.26 Å². The van der Waals surface area contributed by atoms with Gasteiger partial charge < -0.3 is 10.0 Å². The Morgan fingerprint density at radius 2 is 2.05 bits per heavy atom. The normalized spacial score (nSPS) is 32.7. The summed E-state index contributed by atoms with van der Waals surface area (Å²) in [5.74, 6) is -0.382. The number of hydrogen-bond donors (Lipinski definition) is 1. The van der Waals surface area contributed by atoms with Crippen LogP contribution in [0.1, 0.15) is 43.2 Å². The molecule has 21 heavy (non-hydrogen) atoms. The molecule has 2 unspecified atom stereocenters. The van der Waals surface area contributed by atoms with E-state index in [1.165, 1.54) is 12.5 Å². The Bertz CT molecular complexity index is 567. The number of nitriles is 1. The van der Waals surface area contributed by atoms with E-state index in [1.807, 2.05) is 6.07 Å². The fourth-order valence-electron chi connectivity index (χ4n) is 4.01. The van der Waals surface area contributed by atoms with Crippen LogP contribution in [0.2, 0.25) is 0 Å². The molecule has 3 nitrogen and oxygen atoms in total. The fourth-order valence-corrected chi connectivity index (χ4v) is 4.01. The highest BCUT2D eigenvalue weighted by molar-refractivity contribution is 5.31. The molecule has 1 aromatic rings. The molecule has 2 aliphatic rings. The molecule has 1 N–H and O–H groups in total. The SMILES string of the molecule is CN1C2CCCC1CC(O)(c1ccc(CC#N)cc1F)C2. The second-order valence-corrected chi connectivity index (χ2v) is 6.49.